The van der Waals surface area contributed by atoms with E-state index in [2.05, 4.69) is 16.8 Å². The second-order valence-corrected chi connectivity index (χ2v) is 9.06. The number of rotatable bonds is 4. The first kappa shape index (κ1) is 20.3. The van der Waals surface area contributed by atoms with Crippen molar-refractivity contribution in [3.8, 4) is 22.8 Å². The second-order valence-electron chi connectivity index (χ2n) is 9.06. The van der Waals surface area contributed by atoms with Gasteiger partial charge in [-0.25, -0.2) is 0 Å². The molecule has 0 radical (unpaired) electrons. The molecule has 8 nitrogen and oxygen atoms in total. The van der Waals surface area contributed by atoms with Crippen molar-refractivity contribution in [1.29, 1.82) is 0 Å². The van der Waals surface area contributed by atoms with Crippen LogP contribution in [0.15, 0.2) is 35.1 Å². The van der Waals surface area contributed by atoms with Gasteiger partial charge in [-0.05, 0) is 44.3 Å². The smallest absolute Gasteiger partial charge is 0.259 e. The number of aromatic nitrogens is 1. The molecular formula is C25H26N4O4. The Morgan fingerprint density at radius 2 is 1.64 bits per heavy atom. The number of likely N-dealkylation sites (N-methyl/N-ethyl adjacent to an activating group) is 1. The van der Waals surface area contributed by atoms with E-state index in [-0.39, 0.29) is 18.1 Å². The van der Waals surface area contributed by atoms with E-state index in [1.807, 2.05) is 6.07 Å². The number of carbonyl (C=O) groups is 1. The minimum atomic E-state index is -0.118. The molecule has 2 aromatic carbocycles. The molecule has 2 aliphatic heterocycles. The lowest BCUT2D eigenvalue weighted by Gasteiger charge is -2.32. The van der Waals surface area contributed by atoms with Crippen LogP contribution in [0.2, 0.25) is 0 Å². The van der Waals surface area contributed by atoms with Gasteiger partial charge < -0.3 is 29.6 Å². The van der Waals surface area contributed by atoms with Crippen molar-refractivity contribution >= 4 is 22.2 Å². The molecule has 33 heavy (non-hydrogen) atoms. The molecule has 3 aliphatic rings. The molecular weight excluding hydrogens is 420 g/mol. The summed E-state index contributed by atoms with van der Waals surface area (Å²) in [7, 11) is 2.14. The van der Waals surface area contributed by atoms with E-state index in [0.717, 1.165) is 44.7 Å². The lowest BCUT2D eigenvalue weighted by Crippen LogP contribution is -2.44. The van der Waals surface area contributed by atoms with E-state index in [9.17, 15) is 9.59 Å². The van der Waals surface area contributed by atoms with Crippen LogP contribution in [-0.2, 0) is 6.54 Å². The molecule has 1 fully saturated rings. The lowest BCUT2D eigenvalue weighted by molar-refractivity contribution is 0.104. The first-order valence-electron chi connectivity index (χ1n) is 11.4. The zero-order chi connectivity index (χ0) is 22.7. The average Bonchev–Trinajstić information content (AvgIpc) is 3.38. The van der Waals surface area contributed by atoms with E-state index in [4.69, 9.17) is 15.2 Å². The highest BCUT2D eigenvalue weighted by atomic mass is 16.7. The number of piperazine rings is 1. The predicted octanol–water partition coefficient (Wildman–Crippen LogP) is 2.16. The Bertz CT molecular complexity index is 1350. The number of nitrogens with two attached hydrogens (primary N) is 1. The molecule has 0 atom stereocenters. The van der Waals surface area contributed by atoms with Gasteiger partial charge in [0.1, 0.15) is 0 Å². The van der Waals surface area contributed by atoms with Gasteiger partial charge in [0, 0.05) is 60.3 Å². The molecule has 0 amide bonds. The Kier molecular flexibility index (Phi) is 4.67. The van der Waals surface area contributed by atoms with Crippen LogP contribution < -0.4 is 20.8 Å². The Balaban J connectivity index is 1.45. The van der Waals surface area contributed by atoms with E-state index in [0.29, 0.717) is 51.3 Å². The summed E-state index contributed by atoms with van der Waals surface area (Å²) in [6.45, 7) is 5.74. The van der Waals surface area contributed by atoms with Gasteiger partial charge in [-0.3, -0.25) is 9.59 Å². The van der Waals surface area contributed by atoms with Crippen LogP contribution in [0.3, 0.4) is 0 Å². The minimum Gasteiger partial charge on any atom is -0.454 e. The lowest BCUT2D eigenvalue weighted by atomic mass is 10.0. The van der Waals surface area contributed by atoms with Crippen molar-refractivity contribution in [3.05, 3.63) is 51.8 Å². The summed E-state index contributed by atoms with van der Waals surface area (Å²) in [5.41, 5.74) is 8.90. The van der Waals surface area contributed by atoms with E-state index in [1.165, 1.54) is 0 Å². The van der Waals surface area contributed by atoms with Gasteiger partial charge in [0.2, 0.25) is 6.79 Å². The number of anilines is 1. The summed E-state index contributed by atoms with van der Waals surface area (Å²) >= 11 is 0. The largest absolute Gasteiger partial charge is 0.454 e. The van der Waals surface area contributed by atoms with Crippen molar-refractivity contribution in [1.82, 2.24) is 14.4 Å². The van der Waals surface area contributed by atoms with Gasteiger partial charge in [-0.1, -0.05) is 6.07 Å². The maximum absolute atomic E-state index is 13.6. The number of fused-ring (bicyclic) bond motifs is 6. The van der Waals surface area contributed by atoms with E-state index >= 15 is 0 Å². The van der Waals surface area contributed by atoms with E-state index in [1.54, 1.807) is 28.8 Å². The second kappa shape index (κ2) is 7.60. The van der Waals surface area contributed by atoms with Crippen LogP contribution in [0.5, 0.6) is 11.5 Å². The molecule has 1 aromatic heterocycles. The van der Waals surface area contributed by atoms with Crippen LogP contribution in [0, 0.1) is 0 Å². The Hall–Kier alpha value is -3.36. The fourth-order valence-electron chi connectivity index (χ4n) is 5.17. The molecule has 6 rings (SSSR count). The van der Waals surface area contributed by atoms with Gasteiger partial charge in [-0.15, -0.1) is 0 Å². The number of ether oxygens (including phenoxy) is 2. The van der Waals surface area contributed by atoms with Gasteiger partial charge in [0.15, 0.2) is 17.3 Å². The highest BCUT2D eigenvalue weighted by molar-refractivity contribution is 6.27. The Morgan fingerprint density at radius 1 is 0.909 bits per heavy atom. The normalized spacial score (nSPS) is 17.5. The summed E-state index contributed by atoms with van der Waals surface area (Å²) in [6.07, 6.45) is 0.817. The Morgan fingerprint density at radius 3 is 2.39 bits per heavy atom. The monoisotopic (exact) mass is 446 g/mol. The van der Waals surface area contributed by atoms with Gasteiger partial charge in [-0.2, -0.15) is 0 Å². The van der Waals surface area contributed by atoms with Crippen molar-refractivity contribution in [2.24, 2.45) is 0 Å². The van der Waals surface area contributed by atoms with Crippen LogP contribution in [0.1, 0.15) is 22.3 Å². The maximum Gasteiger partial charge on any atom is 0.259 e. The third-order valence-corrected chi connectivity index (χ3v) is 6.99. The molecule has 1 saturated heterocycles. The first-order valence-corrected chi connectivity index (χ1v) is 11.4. The fraction of sp³-hybridized carbons (Fsp3) is 0.360. The van der Waals surface area contributed by atoms with Gasteiger partial charge in [0.25, 0.3) is 5.56 Å². The van der Waals surface area contributed by atoms with Crippen LogP contribution in [0.25, 0.3) is 22.0 Å². The Labute approximate surface area is 191 Å². The highest BCUT2D eigenvalue weighted by Gasteiger charge is 2.35. The number of nitrogens with zero attached hydrogens (tertiary/aromatic N) is 3. The van der Waals surface area contributed by atoms with Crippen molar-refractivity contribution in [3.63, 3.8) is 0 Å². The molecule has 3 heterocycles. The fourth-order valence-corrected chi connectivity index (χ4v) is 5.17. The molecule has 2 N–H and O–H groups in total. The molecule has 3 aromatic rings. The summed E-state index contributed by atoms with van der Waals surface area (Å²) < 4.78 is 12.8. The average molecular weight is 447 g/mol. The molecule has 8 heteroatoms. The topological polar surface area (TPSA) is 90.0 Å². The maximum atomic E-state index is 13.6. The molecule has 1 aliphatic carbocycles. The molecule has 0 saturated carbocycles. The quantitative estimate of drug-likeness (QED) is 0.481. The standard InChI is InChI=1S/C25H26N4O4/c1-27-7-9-28(10-8-27)5-2-6-29-23-17-12-20-21(33-14-32-20)13-18(17)24(30)22(23)16-4-3-15(26)11-19(16)25(29)31/h3-4,11-13H,2,5-10,14,26H2,1H3. The SMILES string of the molecule is CN1CCN(CCCn2c3c(c4ccc(N)cc4c2=O)C(=O)c2cc4c(cc2-3)OCO4)CC1. The number of nitrogen functional groups attached to an aromatic ring is 1. The molecule has 0 spiro atoms. The number of benzene rings is 2. The van der Waals surface area contributed by atoms with E-state index < -0.39 is 0 Å². The third kappa shape index (κ3) is 3.20. The highest BCUT2D eigenvalue weighted by Crippen LogP contribution is 2.45. The van der Waals surface area contributed by atoms with Crippen molar-refractivity contribution in [2.45, 2.75) is 13.0 Å². The van der Waals surface area contributed by atoms with Crippen LogP contribution in [0.4, 0.5) is 5.69 Å². The summed E-state index contributed by atoms with van der Waals surface area (Å²) in [5.74, 6) is 1.07. The first-order chi connectivity index (χ1) is 16.0. The summed E-state index contributed by atoms with van der Waals surface area (Å²) in [6, 6.07) is 8.77. The molecule has 0 bridgehead atoms. The van der Waals surface area contributed by atoms with Crippen LogP contribution >= 0.6 is 0 Å². The summed E-state index contributed by atoms with van der Waals surface area (Å²) in [4.78, 5) is 31.9. The molecule has 170 valence electrons. The molecule has 0 unspecified atom stereocenters. The third-order valence-electron chi connectivity index (χ3n) is 6.99. The number of hydrogen-bond donors (Lipinski definition) is 1. The number of hydrogen-bond acceptors (Lipinski definition) is 7. The summed E-state index contributed by atoms with van der Waals surface area (Å²) in [5, 5.41) is 1.12. The van der Waals surface area contributed by atoms with Crippen molar-refractivity contribution < 1.29 is 14.3 Å². The zero-order valence-corrected chi connectivity index (χ0v) is 18.6. The minimum absolute atomic E-state index is 0.0964. The number of pyridine rings is 1. The predicted molar refractivity (Wildman–Crippen MR) is 126 cm³/mol. The van der Waals surface area contributed by atoms with Gasteiger partial charge >= 0.3 is 0 Å². The van der Waals surface area contributed by atoms with Crippen LogP contribution in [-0.4, -0.2) is 66.7 Å². The zero-order valence-electron chi connectivity index (χ0n) is 18.6. The van der Waals surface area contributed by atoms with Gasteiger partial charge in [0.05, 0.1) is 11.3 Å². The number of ketones is 1. The number of carbonyl (C=O) groups excluding carboxylic acids is 1. The van der Waals surface area contributed by atoms with Crippen molar-refractivity contribution in [2.75, 3.05) is 52.3 Å².